The molecule has 1 aliphatic rings. The third-order valence-electron chi connectivity index (χ3n) is 5.14. The summed E-state index contributed by atoms with van der Waals surface area (Å²) in [5, 5.41) is 4.75. The van der Waals surface area contributed by atoms with Crippen LogP contribution in [0, 0.1) is 13.8 Å². The number of hydrogen-bond donors (Lipinski definition) is 1. The number of aromatic amines is 1. The van der Waals surface area contributed by atoms with Crippen molar-refractivity contribution in [2.24, 2.45) is 0 Å². The fourth-order valence-electron chi connectivity index (χ4n) is 3.80. The van der Waals surface area contributed by atoms with E-state index >= 15 is 0 Å². The minimum Gasteiger partial charge on any atom is -0.310 e. The molecule has 6 nitrogen and oxygen atoms in total. The predicted octanol–water partition coefficient (Wildman–Crippen LogP) is 2.85. The van der Waals surface area contributed by atoms with Crippen molar-refractivity contribution in [1.29, 1.82) is 0 Å². The Bertz CT molecular complexity index is 856. The van der Waals surface area contributed by atoms with Gasteiger partial charge in [0.05, 0.1) is 22.5 Å². The quantitative estimate of drug-likeness (QED) is 0.914. The Hall–Kier alpha value is -1.95. The Morgan fingerprint density at radius 3 is 2.58 bits per heavy atom. The van der Waals surface area contributed by atoms with E-state index in [1.807, 2.05) is 0 Å². The molecule has 2 aromatic rings. The standard InChI is InChI=1S/C20H31N5O/c1-7-8-18-21-17-9-10-24(12-16(17)19(26)22-18)11-15-13(2)23-25(14(15)3)20(4,5)6/h7-12H2,1-6H3,(H,21,22,26). The van der Waals surface area contributed by atoms with Gasteiger partial charge >= 0.3 is 0 Å². The molecule has 3 rings (SSSR count). The molecule has 0 aromatic carbocycles. The molecule has 0 amide bonds. The summed E-state index contributed by atoms with van der Waals surface area (Å²) in [5.41, 5.74) is 5.37. The molecule has 0 bridgehead atoms. The van der Waals surface area contributed by atoms with Gasteiger partial charge in [0.1, 0.15) is 5.82 Å². The Balaban J connectivity index is 1.83. The van der Waals surface area contributed by atoms with E-state index in [-0.39, 0.29) is 11.1 Å². The van der Waals surface area contributed by atoms with Crippen molar-refractivity contribution in [2.75, 3.05) is 6.54 Å². The first-order valence-electron chi connectivity index (χ1n) is 9.59. The summed E-state index contributed by atoms with van der Waals surface area (Å²) in [5.74, 6) is 0.822. The monoisotopic (exact) mass is 357 g/mol. The van der Waals surface area contributed by atoms with Crippen LogP contribution in [0.3, 0.4) is 0 Å². The summed E-state index contributed by atoms with van der Waals surface area (Å²) < 4.78 is 2.11. The highest BCUT2D eigenvalue weighted by Gasteiger charge is 2.25. The van der Waals surface area contributed by atoms with Crippen LogP contribution in [0.2, 0.25) is 0 Å². The van der Waals surface area contributed by atoms with Crippen LogP contribution in [0.4, 0.5) is 0 Å². The number of nitrogens with zero attached hydrogens (tertiary/aromatic N) is 4. The molecule has 0 saturated carbocycles. The second kappa shape index (κ2) is 6.99. The van der Waals surface area contributed by atoms with Crippen LogP contribution < -0.4 is 5.56 Å². The molecule has 6 heteroatoms. The zero-order chi connectivity index (χ0) is 19.1. The summed E-state index contributed by atoms with van der Waals surface area (Å²) in [6, 6.07) is 0. The van der Waals surface area contributed by atoms with Crippen molar-refractivity contribution in [3.8, 4) is 0 Å². The van der Waals surface area contributed by atoms with Gasteiger partial charge in [-0.3, -0.25) is 14.4 Å². The summed E-state index contributed by atoms with van der Waals surface area (Å²) >= 11 is 0. The van der Waals surface area contributed by atoms with Crippen molar-refractivity contribution in [3.63, 3.8) is 0 Å². The van der Waals surface area contributed by atoms with Gasteiger partial charge in [-0.05, 0) is 41.0 Å². The van der Waals surface area contributed by atoms with E-state index in [1.54, 1.807) is 0 Å². The molecule has 26 heavy (non-hydrogen) atoms. The lowest BCUT2D eigenvalue weighted by atomic mass is 10.0. The molecule has 0 radical (unpaired) electrons. The lowest BCUT2D eigenvalue weighted by molar-refractivity contribution is 0.240. The van der Waals surface area contributed by atoms with Crippen LogP contribution in [0.1, 0.15) is 68.1 Å². The normalized spacial score (nSPS) is 15.3. The van der Waals surface area contributed by atoms with Gasteiger partial charge in [-0.2, -0.15) is 5.10 Å². The van der Waals surface area contributed by atoms with Crippen LogP contribution in [-0.4, -0.2) is 31.2 Å². The lowest BCUT2D eigenvalue weighted by Crippen LogP contribution is -2.36. The number of H-pyrrole nitrogens is 1. The van der Waals surface area contributed by atoms with E-state index in [2.05, 4.69) is 61.1 Å². The van der Waals surface area contributed by atoms with Crippen molar-refractivity contribution >= 4 is 0 Å². The maximum absolute atomic E-state index is 12.5. The van der Waals surface area contributed by atoms with Crippen molar-refractivity contribution in [3.05, 3.63) is 44.4 Å². The van der Waals surface area contributed by atoms with Crippen molar-refractivity contribution < 1.29 is 0 Å². The van der Waals surface area contributed by atoms with E-state index in [4.69, 9.17) is 5.10 Å². The molecule has 0 atom stereocenters. The van der Waals surface area contributed by atoms with Gasteiger partial charge in [0.15, 0.2) is 0 Å². The molecular weight excluding hydrogens is 326 g/mol. The highest BCUT2D eigenvalue weighted by atomic mass is 16.1. The van der Waals surface area contributed by atoms with E-state index in [9.17, 15) is 4.79 Å². The number of hydrogen-bond acceptors (Lipinski definition) is 4. The Morgan fingerprint density at radius 2 is 1.96 bits per heavy atom. The molecule has 2 aromatic heterocycles. The van der Waals surface area contributed by atoms with Gasteiger partial charge in [0.25, 0.3) is 5.56 Å². The first-order chi connectivity index (χ1) is 12.2. The fraction of sp³-hybridized carbons (Fsp3) is 0.650. The van der Waals surface area contributed by atoms with Crippen LogP contribution in [0.25, 0.3) is 0 Å². The fourth-order valence-corrected chi connectivity index (χ4v) is 3.80. The van der Waals surface area contributed by atoms with Crippen molar-refractivity contribution in [2.45, 2.75) is 79.4 Å². The average Bonchev–Trinajstić information content (AvgIpc) is 2.84. The Morgan fingerprint density at radius 1 is 1.23 bits per heavy atom. The van der Waals surface area contributed by atoms with Crippen LogP contribution in [0.5, 0.6) is 0 Å². The Labute approximate surface area is 155 Å². The summed E-state index contributed by atoms with van der Waals surface area (Å²) in [6.45, 7) is 15.2. The van der Waals surface area contributed by atoms with Crippen LogP contribution >= 0.6 is 0 Å². The minimum atomic E-state index is -0.0294. The summed E-state index contributed by atoms with van der Waals surface area (Å²) in [6.07, 6.45) is 2.66. The third-order valence-corrected chi connectivity index (χ3v) is 5.14. The molecule has 142 valence electrons. The molecule has 0 saturated heterocycles. The largest absolute Gasteiger partial charge is 0.310 e. The molecule has 0 unspecified atom stereocenters. The number of aryl methyl sites for hydroxylation is 2. The molecule has 0 spiro atoms. The zero-order valence-corrected chi connectivity index (χ0v) is 16.9. The second-order valence-corrected chi connectivity index (χ2v) is 8.38. The first kappa shape index (κ1) is 18.8. The van der Waals surface area contributed by atoms with Gasteiger partial charge in [-0.1, -0.05) is 6.92 Å². The van der Waals surface area contributed by atoms with E-state index < -0.39 is 0 Å². The predicted molar refractivity (Wildman–Crippen MR) is 103 cm³/mol. The highest BCUT2D eigenvalue weighted by molar-refractivity contribution is 5.27. The van der Waals surface area contributed by atoms with E-state index in [1.165, 1.54) is 11.3 Å². The maximum atomic E-state index is 12.5. The van der Waals surface area contributed by atoms with Crippen molar-refractivity contribution in [1.82, 2.24) is 24.6 Å². The molecule has 1 aliphatic heterocycles. The number of rotatable bonds is 4. The highest BCUT2D eigenvalue weighted by Crippen LogP contribution is 2.24. The molecule has 3 heterocycles. The van der Waals surface area contributed by atoms with Gasteiger partial charge in [-0.15, -0.1) is 0 Å². The number of nitrogens with one attached hydrogen (secondary N) is 1. The third kappa shape index (κ3) is 3.61. The molecular formula is C20H31N5O. The molecule has 0 fully saturated rings. The van der Waals surface area contributed by atoms with Crippen LogP contribution in [-0.2, 0) is 31.5 Å². The Kier molecular flexibility index (Phi) is 5.06. The SMILES string of the molecule is CCCc1nc2c(c(=O)[nH]1)CN(Cc1c(C)nn(C(C)(C)C)c1C)CC2. The van der Waals surface area contributed by atoms with E-state index in [0.717, 1.165) is 55.1 Å². The smallest absolute Gasteiger partial charge is 0.255 e. The second-order valence-electron chi connectivity index (χ2n) is 8.38. The van der Waals surface area contributed by atoms with E-state index in [0.29, 0.717) is 6.54 Å². The van der Waals surface area contributed by atoms with Gasteiger partial charge < -0.3 is 4.98 Å². The van der Waals surface area contributed by atoms with Gasteiger partial charge in [0.2, 0.25) is 0 Å². The average molecular weight is 358 g/mol. The number of fused-ring (bicyclic) bond motifs is 1. The van der Waals surface area contributed by atoms with Gasteiger partial charge in [0, 0.05) is 43.7 Å². The topological polar surface area (TPSA) is 66.8 Å². The first-order valence-corrected chi connectivity index (χ1v) is 9.59. The summed E-state index contributed by atoms with van der Waals surface area (Å²) in [7, 11) is 0. The lowest BCUT2D eigenvalue weighted by Gasteiger charge is -2.28. The molecule has 1 N–H and O–H groups in total. The van der Waals surface area contributed by atoms with Crippen LogP contribution in [0.15, 0.2) is 4.79 Å². The van der Waals surface area contributed by atoms with Gasteiger partial charge in [-0.25, -0.2) is 4.98 Å². The minimum absolute atomic E-state index is 0.0294. The number of aromatic nitrogens is 4. The maximum Gasteiger partial charge on any atom is 0.255 e. The summed E-state index contributed by atoms with van der Waals surface area (Å²) in [4.78, 5) is 22.5. The molecule has 0 aliphatic carbocycles. The zero-order valence-electron chi connectivity index (χ0n) is 16.9.